The van der Waals surface area contributed by atoms with Crippen LogP contribution in [0.1, 0.15) is 36.9 Å². The second kappa shape index (κ2) is 5.02. The molecule has 2 rings (SSSR count). The molecule has 1 aliphatic rings. The highest BCUT2D eigenvalue weighted by molar-refractivity contribution is 7.09. The van der Waals surface area contributed by atoms with Crippen molar-refractivity contribution in [2.75, 3.05) is 13.2 Å². The summed E-state index contributed by atoms with van der Waals surface area (Å²) in [5, 5.41) is 13.8. The van der Waals surface area contributed by atoms with Gasteiger partial charge in [-0.2, -0.15) is 0 Å². The molecule has 1 aromatic heterocycles. The minimum Gasteiger partial charge on any atom is -0.386 e. The molecule has 0 bridgehead atoms. The van der Waals surface area contributed by atoms with Gasteiger partial charge in [0, 0.05) is 30.5 Å². The third-order valence-corrected chi connectivity index (χ3v) is 4.66. The zero-order valence-corrected chi connectivity index (χ0v) is 11.4. The maximum atomic E-state index is 10.4. The van der Waals surface area contributed by atoms with Crippen LogP contribution in [0.15, 0.2) is 5.51 Å². The molecule has 1 aromatic rings. The molecular weight excluding hydrogens is 236 g/mol. The van der Waals surface area contributed by atoms with E-state index in [-0.39, 0.29) is 12.1 Å². The van der Waals surface area contributed by atoms with Gasteiger partial charge in [-0.1, -0.05) is 0 Å². The van der Waals surface area contributed by atoms with E-state index in [1.54, 1.807) is 11.3 Å². The Bertz CT molecular complexity index is 382. The van der Waals surface area contributed by atoms with E-state index in [1.807, 2.05) is 19.4 Å². The van der Waals surface area contributed by atoms with Gasteiger partial charge in [0.25, 0.3) is 0 Å². The van der Waals surface area contributed by atoms with Gasteiger partial charge < -0.3 is 15.2 Å². The molecule has 5 heteroatoms. The Hall–Kier alpha value is -0.490. The zero-order valence-electron chi connectivity index (χ0n) is 10.6. The van der Waals surface area contributed by atoms with E-state index in [2.05, 4.69) is 17.2 Å². The van der Waals surface area contributed by atoms with Crippen molar-refractivity contribution in [3.8, 4) is 0 Å². The van der Waals surface area contributed by atoms with Crippen LogP contribution in [0.5, 0.6) is 0 Å². The van der Waals surface area contributed by atoms with Crippen LogP contribution in [0.2, 0.25) is 0 Å². The summed E-state index contributed by atoms with van der Waals surface area (Å²) in [5.74, 6) is 0. The van der Waals surface area contributed by atoms with Crippen LogP contribution in [0.25, 0.3) is 0 Å². The smallest absolute Gasteiger partial charge is 0.105 e. The van der Waals surface area contributed by atoms with E-state index in [4.69, 9.17) is 4.74 Å². The van der Waals surface area contributed by atoms with Gasteiger partial charge in [0.1, 0.15) is 5.60 Å². The molecule has 0 aromatic carbocycles. The minimum atomic E-state index is -0.729. The van der Waals surface area contributed by atoms with E-state index in [9.17, 15) is 5.11 Å². The molecule has 1 aliphatic heterocycles. The first-order valence-electron chi connectivity index (χ1n) is 6.00. The van der Waals surface area contributed by atoms with Crippen molar-refractivity contribution in [1.82, 2.24) is 10.3 Å². The lowest BCUT2D eigenvalue weighted by Gasteiger charge is -2.28. The lowest BCUT2D eigenvalue weighted by atomic mass is 9.96. The highest BCUT2D eigenvalue weighted by Crippen LogP contribution is 2.27. The summed E-state index contributed by atoms with van der Waals surface area (Å²) in [4.78, 5) is 5.48. The van der Waals surface area contributed by atoms with Crippen molar-refractivity contribution >= 4 is 11.3 Å². The average molecular weight is 256 g/mol. The molecule has 1 saturated heterocycles. The Morgan fingerprint density at radius 1 is 1.76 bits per heavy atom. The second-order valence-electron chi connectivity index (χ2n) is 4.77. The molecule has 0 amide bonds. The van der Waals surface area contributed by atoms with Crippen molar-refractivity contribution in [1.29, 1.82) is 0 Å². The molecule has 0 spiro atoms. The number of ether oxygens (including phenoxy) is 1. The summed E-state index contributed by atoms with van der Waals surface area (Å²) in [6.07, 6.45) is 0.611. The molecule has 17 heavy (non-hydrogen) atoms. The van der Waals surface area contributed by atoms with Gasteiger partial charge in [0.05, 0.1) is 17.3 Å². The summed E-state index contributed by atoms with van der Waals surface area (Å²) in [6.45, 7) is 7.25. The molecular formula is C12H20N2O2S. The van der Waals surface area contributed by atoms with Gasteiger partial charge >= 0.3 is 0 Å². The summed E-state index contributed by atoms with van der Waals surface area (Å²) < 4.78 is 5.42. The second-order valence-corrected chi connectivity index (χ2v) is 5.66. The average Bonchev–Trinajstić information content (AvgIpc) is 2.84. The van der Waals surface area contributed by atoms with Crippen LogP contribution >= 0.6 is 11.3 Å². The minimum absolute atomic E-state index is 0.0928. The fraction of sp³-hybridized carbons (Fsp3) is 0.750. The number of hydrogen-bond donors (Lipinski definition) is 2. The molecule has 3 unspecified atom stereocenters. The van der Waals surface area contributed by atoms with Crippen LogP contribution in [0.3, 0.4) is 0 Å². The van der Waals surface area contributed by atoms with E-state index in [0.29, 0.717) is 19.6 Å². The SMILES string of the molecule is Cc1ncsc1C(C)NCC1(O)CCOC1C. The Morgan fingerprint density at radius 2 is 2.53 bits per heavy atom. The molecule has 0 radical (unpaired) electrons. The van der Waals surface area contributed by atoms with Gasteiger partial charge in [-0.15, -0.1) is 11.3 Å². The molecule has 2 heterocycles. The third-order valence-electron chi connectivity index (χ3n) is 3.55. The summed E-state index contributed by atoms with van der Waals surface area (Å²) in [5.41, 5.74) is 2.20. The van der Waals surface area contributed by atoms with Gasteiger partial charge in [-0.3, -0.25) is 0 Å². The predicted molar refractivity (Wildman–Crippen MR) is 68.2 cm³/mol. The standard InChI is InChI=1S/C12H20N2O2S/c1-8(11-9(2)14-7-17-11)13-6-12(15)4-5-16-10(12)3/h7-8,10,13,15H,4-6H2,1-3H3. The number of thiazole rings is 1. The van der Waals surface area contributed by atoms with Gasteiger partial charge in [-0.05, 0) is 20.8 Å². The van der Waals surface area contributed by atoms with Gasteiger partial charge in [0.2, 0.25) is 0 Å². The Balaban J connectivity index is 1.92. The maximum absolute atomic E-state index is 10.4. The molecule has 2 N–H and O–H groups in total. The highest BCUT2D eigenvalue weighted by Gasteiger charge is 2.39. The van der Waals surface area contributed by atoms with Crippen LogP contribution in [-0.2, 0) is 4.74 Å². The van der Waals surface area contributed by atoms with Crippen LogP contribution in [0, 0.1) is 6.92 Å². The molecule has 96 valence electrons. The number of rotatable bonds is 4. The summed E-state index contributed by atoms with van der Waals surface area (Å²) >= 11 is 1.65. The first-order chi connectivity index (χ1) is 8.03. The van der Waals surface area contributed by atoms with Gasteiger partial charge in [0.15, 0.2) is 0 Å². The maximum Gasteiger partial charge on any atom is 0.105 e. The van der Waals surface area contributed by atoms with Crippen molar-refractivity contribution in [3.63, 3.8) is 0 Å². The first kappa shape index (κ1) is 13.0. The van der Waals surface area contributed by atoms with Crippen molar-refractivity contribution in [2.45, 2.75) is 44.9 Å². The number of hydrogen-bond acceptors (Lipinski definition) is 5. The van der Waals surface area contributed by atoms with Crippen LogP contribution < -0.4 is 5.32 Å². The Morgan fingerprint density at radius 3 is 3.06 bits per heavy atom. The Labute approximate surface area is 106 Å². The summed E-state index contributed by atoms with van der Waals surface area (Å²) in [6, 6.07) is 0.222. The Kier molecular flexibility index (Phi) is 3.82. The van der Waals surface area contributed by atoms with Crippen LogP contribution in [0.4, 0.5) is 0 Å². The van der Waals surface area contributed by atoms with E-state index in [1.165, 1.54) is 4.88 Å². The number of aliphatic hydroxyl groups is 1. The van der Waals surface area contributed by atoms with Crippen molar-refractivity contribution < 1.29 is 9.84 Å². The highest BCUT2D eigenvalue weighted by atomic mass is 32.1. The largest absolute Gasteiger partial charge is 0.386 e. The van der Waals surface area contributed by atoms with Crippen LogP contribution in [-0.4, -0.2) is 34.9 Å². The fourth-order valence-electron chi connectivity index (χ4n) is 2.15. The molecule has 0 aliphatic carbocycles. The topological polar surface area (TPSA) is 54.4 Å². The quantitative estimate of drug-likeness (QED) is 0.860. The van der Waals surface area contributed by atoms with Crippen molar-refractivity contribution in [2.24, 2.45) is 0 Å². The molecule has 0 saturated carbocycles. The van der Waals surface area contributed by atoms with E-state index in [0.717, 1.165) is 5.69 Å². The number of aromatic nitrogens is 1. The number of aryl methyl sites for hydroxylation is 1. The van der Waals surface area contributed by atoms with E-state index < -0.39 is 5.60 Å². The first-order valence-corrected chi connectivity index (χ1v) is 6.88. The van der Waals surface area contributed by atoms with Gasteiger partial charge in [-0.25, -0.2) is 4.98 Å². The monoisotopic (exact) mass is 256 g/mol. The number of nitrogens with one attached hydrogen (secondary N) is 1. The molecule has 3 atom stereocenters. The molecule has 4 nitrogen and oxygen atoms in total. The third kappa shape index (κ3) is 2.68. The van der Waals surface area contributed by atoms with E-state index >= 15 is 0 Å². The zero-order chi connectivity index (χ0) is 12.5. The predicted octanol–water partition coefficient (Wildman–Crippen LogP) is 1.64. The normalized spacial score (nSPS) is 30.7. The lowest BCUT2D eigenvalue weighted by molar-refractivity contribution is -0.0274. The fourth-order valence-corrected chi connectivity index (χ4v) is 2.99. The summed E-state index contributed by atoms with van der Waals surface area (Å²) in [7, 11) is 0. The lowest BCUT2D eigenvalue weighted by Crippen LogP contribution is -2.46. The molecule has 1 fully saturated rings. The van der Waals surface area contributed by atoms with Crippen molar-refractivity contribution in [3.05, 3.63) is 16.1 Å². The number of nitrogens with zero attached hydrogens (tertiary/aromatic N) is 1.